The van der Waals surface area contributed by atoms with Crippen LogP contribution in [0.4, 0.5) is 16.2 Å². The molecule has 34 heavy (non-hydrogen) atoms. The number of anilines is 2. The third kappa shape index (κ3) is 4.34. The lowest BCUT2D eigenvalue weighted by Crippen LogP contribution is -2.48. The zero-order valence-electron chi connectivity index (χ0n) is 18.3. The van der Waals surface area contributed by atoms with E-state index < -0.39 is 18.0 Å². The van der Waals surface area contributed by atoms with Crippen molar-refractivity contribution in [1.82, 2.24) is 10.3 Å². The summed E-state index contributed by atoms with van der Waals surface area (Å²) in [6, 6.07) is 23.4. The van der Waals surface area contributed by atoms with Crippen molar-refractivity contribution >= 4 is 57.8 Å². The number of carboxylic acid groups (broad SMARTS) is 1. The molecule has 0 radical (unpaired) electrons. The Morgan fingerprint density at radius 3 is 2.29 bits per heavy atom. The molecule has 8 heteroatoms. The molecule has 0 fully saturated rings. The van der Waals surface area contributed by atoms with Crippen molar-refractivity contribution in [3.63, 3.8) is 0 Å². The van der Waals surface area contributed by atoms with Crippen LogP contribution in [0.3, 0.4) is 0 Å². The second-order valence-corrected chi connectivity index (χ2v) is 9.95. The first-order chi connectivity index (χ1) is 16.5. The number of para-hydroxylation sites is 3. The maximum Gasteiger partial charge on any atom is 0.327 e. The fourth-order valence-electron chi connectivity index (χ4n) is 3.87. The number of pyridine rings is 1. The molecule has 0 spiro atoms. The number of aryl methyl sites for hydroxylation is 1. The number of thioether (sulfide) groups is 1. The Morgan fingerprint density at radius 2 is 1.62 bits per heavy atom. The number of fused-ring (bicyclic) bond motifs is 3. The molecular formula is C26H21N3O3S2. The van der Waals surface area contributed by atoms with Gasteiger partial charge >= 0.3 is 12.0 Å². The lowest BCUT2D eigenvalue weighted by atomic mass is 10.2. The van der Waals surface area contributed by atoms with Crippen LogP contribution in [-0.4, -0.2) is 33.9 Å². The van der Waals surface area contributed by atoms with Gasteiger partial charge in [0.25, 0.3) is 0 Å². The second-order valence-electron chi connectivity index (χ2n) is 7.80. The van der Waals surface area contributed by atoms with Gasteiger partial charge in [0.1, 0.15) is 6.04 Å². The van der Waals surface area contributed by atoms with Crippen LogP contribution in [0.5, 0.6) is 0 Å². The highest BCUT2D eigenvalue weighted by Crippen LogP contribution is 2.47. The monoisotopic (exact) mass is 487 g/mol. The average Bonchev–Trinajstić information content (AvgIpc) is 2.84. The zero-order chi connectivity index (χ0) is 23.7. The number of carbonyl (C=O) groups is 2. The number of benzene rings is 3. The molecule has 4 aromatic rings. The van der Waals surface area contributed by atoms with E-state index in [4.69, 9.17) is 0 Å². The number of urea groups is 1. The summed E-state index contributed by atoms with van der Waals surface area (Å²) in [6.07, 6.45) is 0. The number of nitrogens with one attached hydrogen (secondary N) is 1. The van der Waals surface area contributed by atoms with Crippen molar-refractivity contribution in [3.8, 4) is 0 Å². The van der Waals surface area contributed by atoms with Crippen molar-refractivity contribution < 1.29 is 14.7 Å². The number of rotatable bonds is 5. The largest absolute Gasteiger partial charge is 0.480 e. The third-order valence-corrected chi connectivity index (χ3v) is 7.72. The van der Waals surface area contributed by atoms with Crippen LogP contribution in [-0.2, 0) is 4.79 Å². The molecule has 1 aromatic heterocycles. The standard InChI is InChI=1S/C26H21N3O3S2/c1-16-14-24(17-8-2-3-9-18(17)27-16)33-15-19(25(30)31)28-26(32)29-20-10-4-6-12-22(20)34-23-13-7-5-11-21(23)29/h2-14,19H,15H2,1H3,(H,28,32)(H,30,31). The van der Waals surface area contributed by atoms with Gasteiger partial charge < -0.3 is 10.4 Å². The Hall–Kier alpha value is -3.49. The van der Waals surface area contributed by atoms with Crippen LogP contribution in [0.15, 0.2) is 93.5 Å². The van der Waals surface area contributed by atoms with Crippen LogP contribution in [0, 0.1) is 6.92 Å². The topological polar surface area (TPSA) is 82.5 Å². The van der Waals surface area contributed by atoms with Gasteiger partial charge in [0, 0.05) is 31.5 Å². The van der Waals surface area contributed by atoms with E-state index in [2.05, 4.69) is 10.3 Å². The molecule has 170 valence electrons. The molecule has 3 aromatic carbocycles. The molecule has 2 heterocycles. The molecule has 1 unspecified atom stereocenters. The van der Waals surface area contributed by atoms with Gasteiger partial charge in [-0.1, -0.05) is 54.2 Å². The summed E-state index contributed by atoms with van der Waals surface area (Å²) in [5, 5.41) is 13.6. The molecule has 0 saturated heterocycles. The number of carboxylic acids is 1. The highest BCUT2D eigenvalue weighted by Gasteiger charge is 2.31. The van der Waals surface area contributed by atoms with E-state index in [1.165, 1.54) is 11.8 Å². The summed E-state index contributed by atoms with van der Waals surface area (Å²) in [5.41, 5.74) is 3.18. The molecule has 2 amide bonds. The maximum atomic E-state index is 13.4. The van der Waals surface area contributed by atoms with E-state index in [0.29, 0.717) is 0 Å². The van der Waals surface area contributed by atoms with Gasteiger partial charge in [-0.15, -0.1) is 11.8 Å². The predicted molar refractivity (Wildman–Crippen MR) is 136 cm³/mol. The highest BCUT2D eigenvalue weighted by atomic mass is 32.2. The van der Waals surface area contributed by atoms with Crippen LogP contribution in [0.2, 0.25) is 0 Å². The SMILES string of the molecule is Cc1cc(SCC(NC(=O)N2c3ccccc3Sc3ccccc32)C(=O)O)c2ccccc2n1. The van der Waals surface area contributed by atoms with Crippen molar-refractivity contribution in [2.24, 2.45) is 0 Å². The lowest BCUT2D eigenvalue weighted by molar-refractivity contribution is -0.138. The van der Waals surface area contributed by atoms with Gasteiger partial charge in [-0.25, -0.2) is 9.59 Å². The van der Waals surface area contributed by atoms with Crippen LogP contribution in [0.25, 0.3) is 10.9 Å². The number of aliphatic carboxylic acids is 1. The Balaban J connectivity index is 1.40. The summed E-state index contributed by atoms with van der Waals surface area (Å²) >= 11 is 2.99. The van der Waals surface area contributed by atoms with Gasteiger partial charge in [-0.3, -0.25) is 9.88 Å². The molecule has 2 N–H and O–H groups in total. The van der Waals surface area contributed by atoms with Gasteiger partial charge in [0.15, 0.2) is 0 Å². The Kier molecular flexibility index (Phi) is 6.17. The Labute approximate surface area is 205 Å². The minimum atomic E-state index is -1.08. The number of hydrogen-bond donors (Lipinski definition) is 2. The van der Waals surface area contributed by atoms with Crippen molar-refractivity contribution in [3.05, 3.63) is 84.6 Å². The van der Waals surface area contributed by atoms with Gasteiger partial charge in [-0.2, -0.15) is 0 Å². The van der Waals surface area contributed by atoms with E-state index in [0.717, 1.165) is 42.7 Å². The maximum absolute atomic E-state index is 13.4. The minimum absolute atomic E-state index is 0.181. The summed E-state index contributed by atoms with van der Waals surface area (Å²) in [6.45, 7) is 1.91. The normalized spacial score (nSPS) is 13.1. The summed E-state index contributed by atoms with van der Waals surface area (Å²) in [4.78, 5) is 34.5. The lowest BCUT2D eigenvalue weighted by Gasteiger charge is -2.31. The first-order valence-electron chi connectivity index (χ1n) is 10.7. The number of carbonyl (C=O) groups excluding carboxylic acids is 1. The molecule has 0 saturated carbocycles. The van der Waals surface area contributed by atoms with Crippen molar-refractivity contribution in [1.29, 1.82) is 0 Å². The summed E-state index contributed by atoms with van der Waals surface area (Å²) < 4.78 is 0. The van der Waals surface area contributed by atoms with Crippen LogP contribution >= 0.6 is 23.5 Å². The molecule has 6 nitrogen and oxygen atoms in total. The zero-order valence-corrected chi connectivity index (χ0v) is 19.9. The van der Waals surface area contributed by atoms with Gasteiger partial charge in [0.05, 0.1) is 16.9 Å². The van der Waals surface area contributed by atoms with E-state index in [9.17, 15) is 14.7 Å². The second kappa shape index (κ2) is 9.40. The smallest absolute Gasteiger partial charge is 0.327 e. The van der Waals surface area contributed by atoms with E-state index in [-0.39, 0.29) is 5.75 Å². The molecule has 0 aliphatic carbocycles. The number of hydrogen-bond acceptors (Lipinski definition) is 5. The number of amides is 2. The molecule has 1 aliphatic heterocycles. The average molecular weight is 488 g/mol. The third-order valence-electron chi connectivity index (χ3n) is 5.44. The molecule has 1 aliphatic rings. The minimum Gasteiger partial charge on any atom is -0.480 e. The first-order valence-corrected chi connectivity index (χ1v) is 12.5. The number of aromatic nitrogens is 1. The fourth-order valence-corrected chi connectivity index (χ4v) is 6.09. The van der Waals surface area contributed by atoms with E-state index in [1.807, 2.05) is 85.8 Å². The Bertz CT molecular complexity index is 1360. The van der Waals surface area contributed by atoms with Gasteiger partial charge in [-0.05, 0) is 43.3 Å². The quantitative estimate of drug-likeness (QED) is 0.331. The van der Waals surface area contributed by atoms with Crippen molar-refractivity contribution in [2.45, 2.75) is 27.7 Å². The highest BCUT2D eigenvalue weighted by molar-refractivity contribution is 8.00. The summed E-state index contributed by atoms with van der Waals surface area (Å²) in [5.74, 6) is -0.899. The van der Waals surface area contributed by atoms with Gasteiger partial charge in [0.2, 0.25) is 0 Å². The van der Waals surface area contributed by atoms with Crippen LogP contribution in [0.1, 0.15) is 5.69 Å². The van der Waals surface area contributed by atoms with Crippen LogP contribution < -0.4 is 10.2 Å². The molecule has 0 bridgehead atoms. The summed E-state index contributed by atoms with van der Waals surface area (Å²) in [7, 11) is 0. The number of nitrogens with zero attached hydrogens (tertiary/aromatic N) is 2. The van der Waals surface area contributed by atoms with E-state index >= 15 is 0 Å². The predicted octanol–water partition coefficient (Wildman–Crippen LogP) is 6.10. The molecule has 1 atom stereocenters. The first kappa shape index (κ1) is 22.3. The Morgan fingerprint density at radius 1 is 1.00 bits per heavy atom. The molecular weight excluding hydrogens is 466 g/mol. The van der Waals surface area contributed by atoms with Crippen molar-refractivity contribution in [2.75, 3.05) is 10.7 Å². The molecule has 5 rings (SSSR count). The van der Waals surface area contributed by atoms with E-state index in [1.54, 1.807) is 16.7 Å². The fraction of sp³-hybridized carbons (Fsp3) is 0.115.